The van der Waals surface area contributed by atoms with Crippen LogP contribution in [0.15, 0.2) is 24.3 Å². The molecule has 4 heteroatoms. The van der Waals surface area contributed by atoms with E-state index in [9.17, 15) is 9.59 Å². The smallest absolute Gasteiger partial charge is 0.320 e. The highest BCUT2D eigenvalue weighted by Crippen LogP contribution is 2.48. The summed E-state index contributed by atoms with van der Waals surface area (Å²) in [5.41, 5.74) is -0.492. The molecule has 2 fully saturated rings. The highest BCUT2D eigenvalue weighted by atomic mass is 16.6. The molecule has 0 radical (unpaired) electrons. The largest absolute Gasteiger partial charge is 0.461 e. The molecule has 4 rings (SSSR count). The summed E-state index contributed by atoms with van der Waals surface area (Å²) < 4.78 is 12.0. The lowest BCUT2D eigenvalue weighted by Crippen LogP contribution is -2.48. The summed E-state index contributed by atoms with van der Waals surface area (Å²) in [7, 11) is 0. The Labute approximate surface area is 181 Å². The molecule has 30 heavy (non-hydrogen) atoms. The Kier molecular flexibility index (Phi) is 5.43. The van der Waals surface area contributed by atoms with Gasteiger partial charge in [-0.05, 0) is 54.3 Å². The van der Waals surface area contributed by atoms with Crippen LogP contribution < -0.4 is 0 Å². The fourth-order valence-corrected chi connectivity index (χ4v) is 6.84. The zero-order valence-electron chi connectivity index (χ0n) is 19.4. The molecule has 0 aromatic rings. The lowest BCUT2D eigenvalue weighted by Gasteiger charge is -2.44. The summed E-state index contributed by atoms with van der Waals surface area (Å²) in [5, 5.41) is 0. The number of allylic oxidation sites excluding steroid dienone is 2. The number of hydrogen-bond acceptors (Lipinski definition) is 4. The van der Waals surface area contributed by atoms with Gasteiger partial charge in [-0.15, -0.1) is 0 Å². The topological polar surface area (TPSA) is 52.6 Å². The molecule has 4 aliphatic carbocycles. The highest BCUT2D eigenvalue weighted by molar-refractivity contribution is 5.95. The third kappa shape index (κ3) is 4.11. The third-order valence-corrected chi connectivity index (χ3v) is 7.68. The Balaban J connectivity index is 1.56. The van der Waals surface area contributed by atoms with Crippen molar-refractivity contribution in [2.75, 3.05) is 0 Å². The summed E-state index contributed by atoms with van der Waals surface area (Å²) in [6, 6.07) is 0. The molecule has 0 aliphatic heterocycles. The lowest BCUT2D eigenvalue weighted by molar-refractivity contribution is -0.178. The maximum atomic E-state index is 13.5. The first kappa shape index (κ1) is 21.6. The third-order valence-electron chi connectivity index (χ3n) is 7.68. The average Bonchev–Trinajstić information content (AvgIpc) is 3.38. The molecule has 4 bridgehead atoms. The Morgan fingerprint density at radius 3 is 1.37 bits per heavy atom. The molecule has 6 atom stereocenters. The van der Waals surface area contributed by atoms with Crippen LogP contribution in [0.1, 0.15) is 67.2 Å². The minimum atomic E-state index is -0.892. The number of carbonyl (C=O) groups excluding carboxylic acids is 2. The minimum Gasteiger partial charge on any atom is -0.461 e. The van der Waals surface area contributed by atoms with E-state index >= 15 is 0 Å². The van der Waals surface area contributed by atoms with Crippen LogP contribution in [0.3, 0.4) is 0 Å². The summed E-state index contributed by atoms with van der Waals surface area (Å²) in [6.45, 7) is 12.6. The van der Waals surface area contributed by atoms with Gasteiger partial charge in [0, 0.05) is 11.8 Å². The van der Waals surface area contributed by atoms with E-state index in [0.717, 1.165) is 25.7 Å². The van der Waals surface area contributed by atoms with E-state index < -0.39 is 5.92 Å². The fraction of sp³-hybridized carbons (Fsp3) is 0.769. The van der Waals surface area contributed by atoms with Gasteiger partial charge < -0.3 is 9.47 Å². The van der Waals surface area contributed by atoms with Gasteiger partial charge >= 0.3 is 11.9 Å². The van der Waals surface area contributed by atoms with Gasteiger partial charge in [0.15, 0.2) is 5.92 Å². The Hall–Kier alpha value is -1.58. The highest BCUT2D eigenvalue weighted by Gasteiger charge is 2.51. The van der Waals surface area contributed by atoms with Gasteiger partial charge in [-0.1, -0.05) is 65.8 Å². The molecule has 0 aromatic carbocycles. The Bertz CT molecular complexity index is 688. The molecule has 0 N–H and O–H groups in total. The molecule has 2 saturated carbocycles. The Morgan fingerprint density at radius 2 is 1.10 bits per heavy atom. The fourth-order valence-electron chi connectivity index (χ4n) is 6.84. The van der Waals surface area contributed by atoms with E-state index in [1.807, 2.05) is 0 Å². The van der Waals surface area contributed by atoms with Crippen molar-refractivity contribution in [2.45, 2.75) is 79.4 Å². The average molecular weight is 415 g/mol. The molecule has 0 aromatic heterocycles. The number of fused-ring (bicyclic) bond motifs is 4. The van der Waals surface area contributed by atoms with Gasteiger partial charge in [0.2, 0.25) is 0 Å². The van der Waals surface area contributed by atoms with Gasteiger partial charge in [0.1, 0.15) is 12.2 Å². The normalized spacial score (nSPS) is 35.3. The molecule has 6 unspecified atom stereocenters. The SMILES string of the molecule is CC(C)(C)C(C(C(=O)OC1CC2C=CC1C2)C(=O)OC1CC2C=CC1C2)C(C)(C)C. The number of esters is 2. The van der Waals surface area contributed by atoms with Crippen LogP contribution in [0.2, 0.25) is 0 Å². The molecular weight excluding hydrogens is 376 g/mol. The van der Waals surface area contributed by atoms with Gasteiger partial charge in [0.25, 0.3) is 0 Å². The van der Waals surface area contributed by atoms with E-state index in [1.54, 1.807) is 0 Å². The van der Waals surface area contributed by atoms with Gasteiger partial charge in [-0.2, -0.15) is 0 Å². The molecule has 0 amide bonds. The predicted octanol–water partition coefficient (Wildman–Crippen LogP) is 5.33. The van der Waals surface area contributed by atoms with Crippen molar-refractivity contribution in [3.8, 4) is 0 Å². The van der Waals surface area contributed by atoms with Crippen LogP contribution in [0.4, 0.5) is 0 Å². The summed E-state index contributed by atoms with van der Waals surface area (Å²) in [4.78, 5) is 27.0. The van der Waals surface area contributed by atoms with E-state index in [0.29, 0.717) is 23.7 Å². The molecule has 0 spiro atoms. The van der Waals surface area contributed by atoms with Crippen molar-refractivity contribution in [1.29, 1.82) is 0 Å². The minimum absolute atomic E-state index is 0.103. The zero-order valence-corrected chi connectivity index (χ0v) is 19.4. The summed E-state index contributed by atoms with van der Waals surface area (Å²) >= 11 is 0. The molecular formula is C26H38O4. The van der Waals surface area contributed by atoms with Crippen molar-refractivity contribution in [3.05, 3.63) is 24.3 Å². The zero-order chi connectivity index (χ0) is 21.8. The lowest BCUT2D eigenvalue weighted by atomic mass is 9.61. The second-order valence-electron chi connectivity index (χ2n) is 12.2. The van der Waals surface area contributed by atoms with Crippen LogP contribution in [-0.4, -0.2) is 24.1 Å². The van der Waals surface area contributed by atoms with Gasteiger partial charge in [0.05, 0.1) is 0 Å². The molecule has 4 nitrogen and oxygen atoms in total. The number of ether oxygens (including phenoxy) is 2. The molecule has 4 aliphatic rings. The van der Waals surface area contributed by atoms with Gasteiger partial charge in [-0.3, -0.25) is 9.59 Å². The van der Waals surface area contributed by atoms with Crippen LogP contribution in [-0.2, 0) is 19.1 Å². The summed E-state index contributed by atoms with van der Waals surface area (Å²) in [5.74, 6) is -0.230. The predicted molar refractivity (Wildman–Crippen MR) is 116 cm³/mol. The van der Waals surface area contributed by atoms with Crippen LogP contribution in [0.5, 0.6) is 0 Å². The van der Waals surface area contributed by atoms with Gasteiger partial charge in [-0.25, -0.2) is 0 Å². The van der Waals surface area contributed by atoms with E-state index in [-0.39, 0.29) is 40.9 Å². The second-order valence-corrected chi connectivity index (χ2v) is 12.2. The van der Waals surface area contributed by atoms with Crippen LogP contribution in [0, 0.1) is 46.3 Å². The maximum absolute atomic E-state index is 13.5. The quantitative estimate of drug-likeness (QED) is 0.347. The van der Waals surface area contributed by atoms with Crippen LogP contribution >= 0.6 is 0 Å². The maximum Gasteiger partial charge on any atom is 0.320 e. The first-order chi connectivity index (χ1) is 13.9. The molecule has 0 saturated heterocycles. The van der Waals surface area contributed by atoms with Crippen molar-refractivity contribution < 1.29 is 19.1 Å². The first-order valence-electron chi connectivity index (χ1n) is 11.7. The van der Waals surface area contributed by atoms with Crippen LogP contribution in [0.25, 0.3) is 0 Å². The number of carbonyl (C=O) groups is 2. The van der Waals surface area contributed by atoms with Crippen molar-refractivity contribution >= 4 is 11.9 Å². The van der Waals surface area contributed by atoms with E-state index in [2.05, 4.69) is 65.8 Å². The first-order valence-corrected chi connectivity index (χ1v) is 11.7. The van der Waals surface area contributed by atoms with Crippen molar-refractivity contribution in [2.24, 2.45) is 46.3 Å². The second kappa shape index (κ2) is 7.53. The standard InChI is InChI=1S/C26H38O4/c1-25(2,3)22(26(4,5)6)21(23(27)29-19-13-15-7-9-17(19)11-15)24(28)30-20-14-16-8-10-18(20)12-16/h7-10,15-22H,11-14H2,1-6H3. The summed E-state index contributed by atoms with van der Waals surface area (Å²) in [6.07, 6.45) is 12.5. The van der Waals surface area contributed by atoms with E-state index in [4.69, 9.17) is 9.47 Å². The number of rotatable bonds is 5. The number of hydrogen-bond donors (Lipinski definition) is 0. The molecule has 0 heterocycles. The van der Waals surface area contributed by atoms with E-state index in [1.165, 1.54) is 0 Å². The monoisotopic (exact) mass is 414 g/mol. The van der Waals surface area contributed by atoms with Crippen molar-refractivity contribution in [1.82, 2.24) is 0 Å². The molecule has 166 valence electrons. The Morgan fingerprint density at radius 1 is 0.700 bits per heavy atom. The van der Waals surface area contributed by atoms with Crippen molar-refractivity contribution in [3.63, 3.8) is 0 Å².